The zero-order valence-electron chi connectivity index (χ0n) is 17.7. The lowest BCUT2D eigenvalue weighted by atomic mass is 9.95. The van der Waals surface area contributed by atoms with Crippen LogP contribution in [0.2, 0.25) is 5.02 Å². The summed E-state index contributed by atoms with van der Waals surface area (Å²) in [5, 5.41) is 12.0. The number of benzene rings is 3. The van der Waals surface area contributed by atoms with Crippen molar-refractivity contribution in [3.05, 3.63) is 92.9 Å². The van der Waals surface area contributed by atoms with E-state index in [0.717, 1.165) is 9.17 Å². The van der Waals surface area contributed by atoms with Gasteiger partial charge in [-0.25, -0.2) is 4.98 Å². The predicted octanol–water partition coefficient (Wildman–Crippen LogP) is 6.35. The van der Waals surface area contributed by atoms with Gasteiger partial charge in [0.1, 0.15) is 11.5 Å². The number of Topliss-reactive ketones (excluding diaryl/α,β-unsaturated/α-hetero) is 1. The highest BCUT2D eigenvalue weighted by Gasteiger charge is 2.48. The number of ketones is 1. The summed E-state index contributed by atoms with van der Waals surface area (Å²) in [6.45, 7) is 0. The van der Waals surface area contributed by atoms with E-state index in [2.05, 4.69) is 20.9 Å². The molecule has 3 aromatic carbocycles. The number of thiazole rings is 1. The van der Waals surface area contributed by atoms with Crippen LogP contribution in [0.15, 0.2) is 76.8 Å². The topological polar surface area (TPSA) is 79.7 Å². The first-order valence-electron chi connectivity index (χ1n) is 10.1. The Labute approximate surface area is 212 Å². The number of rotatable bonds is 4. The highest BCUT2D eigenvalue weighted by Crippen LogP contribution is 2.45. The van der Waals surface area contributed by atoms with Crippen molar-refractivity contribution in [1.82, 2.24) is 4.98 Å². The Bertz CT molecular complexity index is 1480. The number of amides is 1. The summed E-state index contributed by atoms with van der Waals surface area (Å²) in [6, 6.07) is 18.3. The maximum atomic E-state index is 13.3. The number of halogens is 2. The SMILES string of the molecule is COc1ccc2nc(N3C(=O)C(=O)/C(=C(/O)c4ccc(Cl)cc4)C3c3cccc(Br)c3)sc2c1. The second-order valence-electron chi connectivity index (χ2n) is 7.56. The quantitative estimate of drug-likeness (QED) is 0.180. The van der Waals surface area contributed by atoms with E-state index in [-0.39, 0.29) is 11.3 Å². The number of nitrogens with zero attached hydrogens (tertiary/aromatic N) is 2. The molecule has 9 heteroatoms. The molecule has 1 saturated heterocycles. The molecule has 0 aliphatic carbocycles. The van der Waals surface area contributed by atoms with Crippen LogP contribution in [0.25, 0.3) is 16.0 Å². The van der Waals surface area contributed by atoms with Gasteiger partial charge in [-0.2, -0.15) is 0 Å². The molecule has 1 amide bonds. The maximum Gasteiger partial charge on any atom is 0.301 e. The summed E-state index contributed by atoms with van der Waals surface area (Å²) >= 11 is 10.7. The van der Waals surface area contributed by atoms with E-state index in [0.29, 0.717) is 32.5 Å². The molecule has 4 aromatic rings. The molecule has 1 fully saturated rings. The van der Waals surface area contributed by atoms with Crippen molar-refractivity contribution >= 4 is 71.7 Å². The van der Waals surface area contributed by atoms with E-state index >= 15 is 0 Å². The molecular weight excluding hydrogens is 540 g/mol. The fraction of sp³-hybridized carbons (Fsp3) is 0.0800. The first-order chi connectivity index (χ1) is 16.4. The van der Waals surface area contributed by atoms with Gasteiger partial charge in [-0.1, -0.05) is 51.0 Å². The molecule has 1 atom stereocenters. The normalized spacial score (nSPS) is 17.5. The van der Waals surface area contributed by atoms with Crippen LogP contribution in [0.4, 0.5) is 5.13 Å². The zero-order valence-corrected chi connectivity index (χ0v) is 20.8. The number of carbonyl (C=O) groups is 2. The number of aliphatic hydroxyl groups excluding tert-OH is 1. The summed E-state index contributed by atoms with van der Waals surface area (Å²) < 4.78 is 6.88. The number of methoxy groups -OCH3 is 1. The molecular formula is C25H16BrClN2O4S. The van der Waals surface area contributed by atoms with Gasteiger partial charge >= 0.3 is 5.91 Å². The monoisotopic (exact) mass is 554 g/mol. The molecule has 1 unspecified atom stereocenters. The summed E-state index contributed by atoms with van der Waals surface area (Å²) in [5.41, 5.74) is 1.70. The third-order valence-electron chi connectivity index (χ3n) is 5.52. The minimum atomic E-state index is -0.865. The lowest BCUT2D eigenvalue weighted by molar-refractivity contribution is -0.132. The van der Waals surface area contributed by atoms with E-state index in [9.17, 15) is 14.7 Å². The summed E-state index contributed by atoms with van der Waals surface area (Å²) in [4.78, 5) is 32.5. The Morgan fingerprint density at radius 1 is 1.12 bits per heavy atom. The lowest BCUT2D eigenvalue weighted by Crippen LogP contribution is -2.29. The van der Waals surface area contributed by atoms with E-state index in [4.69, 9.17) is 16.3 Å². The molecule has 1 aliphatic rings. The highest BCUT2D eigenvalue weighted by atomic mass is 79.9. The summed E-state index contributed by atoms with van der Waals surface area (Å²) in [5.74, 6) is -1.15. The fourth-order valence-electron chi connectivity index (χ4n) is 3.91. The van der Waals surface area contributed by atoms with Crippen molar-refractivity contribution < 1.29 is 19.4 Å². The van der Waals surface area contributed by atoms with E-state index in [1.54, 1.807) is 49.6 Å². The number of ether oxygens (including phenoxy) is 1. The van der Waals surface area contributed by atoms with Crippen LogP contribution in [0, 0.1) is 0 Å². The first kappa shape index (κ1) is 22.6. The van der Waals surface area contributed by atoms with E-state index < -0.39 is 17.7 Å². The third-order valence-corrected chi connectivity index (χ3v) is 7.28. The Kier molecular flexibility index (Phi) is 5.89. The molecule has 0 bridgehead atoms. The molecule has 5 rings (SSSR count). The third kappa shape index (κ3) is 3.87. The summed E-state index contributed by atoms with van der Waals surface area (Å²) in [6.07, 6.45) is 0. The van der Waals surface area contributed by atoms with Crippen molar-refractivity contribution in [2.45, 2.75) is 6.04 Å². The maximum absolute atomic E-state index is 13.3. The molecule has 1 aliphatic heterocycles. The molecule has 1 aromatic heterocycles. The highest BCUT2D eigenvalue weighted by molar-refractivity contribution is 9.10. The van der Waals surface area contributed by atoms with E-state index in [1.807, 2.05) is 24.3 Å². The molecule has 34 heavy (non-hydrogen) atoms. The molecule has 170 valence electrons. The average molecular weight is 556 g/mol. The summed E-state index contributed by atoms with van der Waals surface area (Å²) in [7, 11) is 1.58. The van der Waals surface area contributed by atoms with Crippen LogP contribution in [0.1, 0.15) is 17.2 Å². The minimum absolute atomic E-state index is 0.0118. The number of aromatic nitrogens is 1. The molecule has 0 radical (unpaired) electrons. The number of anilines is 1. The van der Waals surface area contributed by atoms with Gasteiger partial charge in [0.2, 0.25) is 0 Å². The largest absolute Gasteiger partial charge is 0.507 e. The zero-order chi connectivity index (χ0) is 24.0. The van der Waals surface area contributed by atoms with Gasteiger partial charge in [0.05, 0.1) is 28.9 Å². The van der Waals surface area contributed by atoms with Crippen LogP contribution in [0.5, 0.6) is 5.75 Å². The standard InChI is InChI=1S/C25H16BrClN2O4S/c1-33-17-9-10-18-19(12-17)34-25(28-18)29-21(14-3-2-4-15(26)11-14)20(23(31)24(29)32)22(30)13-5-7-16(27)8-6-13/h2-12,21,30H,1H3/b22-20+. The van der Waals surface area contributed by atoms with Gasteiger partial charge in [-0.3, -0.25) is 14.5 Å². The van der Waals surface area contributed by atoms with Crippen molar-refractivity contribution in [3.63, 3.8) is 0 Å². The van der Waals surface area contributed by atoms with Crippen molar-refractivity contribution in [2.24, 2.45) is 0 Å². The molecule has 0 spiro atoms. The van der Waals surface area contributed by atoms with Crippen molar-refractivity contribution in [3.8, 4) is 5.75 Å². The molecule has 1 N–H and O–H groups in total. The minimum Gasteiger partial charge on any atom is -0.507 e. The van der Waals surface area contributed by atoms with Gasteiger partial charge < -0.3 is 9.84 Å². The van der Waals surface area contributed by atoms with Gasteiger partial charge in [-0.15, -0.1) is 0 Å². The second-order valence-corrected chi connectivity index (χ2v) is 9.92. The smallest absolute Gasteiger partial charge is 0.301 e. The van der Waals surface area contributed by atoms with Crippen LogP contribution < -0.4 is 9.64 Å². The van der Waals surface area contributed by atoms with E-state index in [1.165, 1.54) is 16.2 Å². The number of fused-ring (bicyclic) bond motifs is 1. The Hall–Kier alpha value is -3.20. The second kappa shape index (κ2) is 8.87. The first-order valence-corrected chi connectivity index (χ1v) is 12.1. The lowest BCUT2D eigenvalue weighted by Gasteiger charge is -2.23. The molecule has 6 nitrogen and oxygen atoms in total. The number of hydrogen-bond acceptors (Lipinski definition) is 6. The molecule has 0 saturated carbocycles. The Morgan fingerprint density at radius 2 is 1.88 bits per heavy atom. The van der Waals surface area contributed by atoms with Gasteiger partial charge in [0, 0.05) is 15.1 Å². The van der Waals surface area contributed by atoms with Gasteiger partial charge in [0.15, 0.2) is 5.13 Å². The van der Waals surface area contributed by atoms with Crippen LogP contribution in [-0.2, 0) is 9.59 Å². The Morgan fingerprint density at radius 3 is 2.59 bits per heavy atom. The van der Waals surface area contributed by atoms with Gasteiger partial charge in [-0.05, 0) is 60.2 Å². The number of carbonyl (C=O) groups excluding carboxylic acids is 2. The number of hydrogen-bond donors (Lipinski definition) is 1. The Balaban J connectivity index is 1.72. The van der Waals surface area contributed by atoms with Crippen LogP contribution in [-0.4, -0.2) is 28.9 Å². The van der Waals surface area contributed by atoms with Crippen molar-refractivity contribution in [2.75, 3.05) is 12.0 Å². The van der Waals surface area contributed by atoms with Gasteiger partial charge in [0.25, 0.3) is 5.78 Å². The average Bonchev–Trinajstić information content (AvgIpc) is 3.36. The fourth-order valence-corrected chi connectivity index (χ4v) is 5.47. The van der Waals surface area contributed by atoms with Crippen LogP contribution in [0.3, 0.4) is 0 Å². The molecule has 2 heterocycles. The number of aliphatic hydroxyl groups is 1. The predicted molar refractivity (Wildman–Crippen MR) is 137 cm³/mol. The van der Waals surface area contributed by atoms with Crippen LogP contribution >= 0.6 is 38.9 Å². The van der Waals surface area contributed by atoms with Crippen molar-refractivity contribution in [1.29, 1.82) is 0 Å².